The second-order valence-corrected chi connectivity index (χ2v) is 6.76. The molecule has 0 saturated carbocycles. The fraction of sp³-hybridized carbons (Fsp3) is 0.714. The molecule has 2 aliphatic heterocycles. The summed E-state index contributed by atoms with van der Waals surface area (Å²) >= 11 is 0. The predicted octanol–water partition coefficient (Wildman–Crippen LogP) is 0.384. The van der Waals surface area contributed by atoms with Gasteiger partial charge in [-0.05, 0) is 27.7 Å². The molecule has 1 atom stereocenters. The highest BCUT2D eigenvalue weighted by atomic mass is 16.7. The quantitative estimate of drug-likeness (QED) is 0.795. The van der Waals surface area contributed by atoms with Crippen LogP contribution in [0, 0.1) is 0 Å². The maximum Gasteiger partial charge on any atom is 0.498 e. The molecule has 6 nitrogen and oxygen atoms in total. The summed E-state index contributed by atoms with van der Waals surface area (Å²) < 4.78 is 17.1. The lowest BCUT2D eigenvalue weighted by atomic mass is 9.81. The molecule has 114 valence electrons. The fourth-order valence-electron chi connectivity index (χ4n) is 2.41. The molecule has 0 radical (unpaired) electrons. The molecule has 2 fully saturated rings. The summed E-state index contributed by atoms with van der Waals surface area (Å²) in [4.78, 5) is 8.54. The van der Waals surface area contributed by atoms with Crippen LogP contribution in [0.2, 0.25) is 0 Å². The summed E-state index contributed by atoms with van der Waals surface area (Å²) in [5.74, 6) is 0.389. The third-order valence-electron chi connectivity index (χ3n) is 4.61. The van der Waals surface area contributed by atoms with Crippen LogP contribution in [0.1, 0.15) is 39.9 Å². The van der Waals surface area contributed by atoms with Crippen molar-refractivity contribution in [3.05, 3.63) is 18.2 Å². The van der Waals surface area contributed by atoms with Crippen molar-refractivity contribution in [2.45, 2.75) is 50.9 Å². The Morgan fingerprint density at radius 1 is 1.10 bits per heavy atom. The van der Waals surface area contributed by atoms with Crippen LogP contribution in [0.3, 0.4) is 0 Å². The SMILES string of the molecule is CC1(C)OB(c2cnc(C3(O)CCOC3)nc2)OC1(C)C. The Morgan fingerprint density at radius 2 is 1.67 bits per heavy atom. The zero-order valence-electron chi connectivity index (χ0n) is 12.9. The molecule has 0 aliphatic carbocycles. The average Bonchev–Trinajstić information content (AvgIpc) is 2.93. The zero-order valence-corrected chi connectivity index (χ0v) is 12.9. The van der Waals surface area contributed by atoms with Crippen LogP contribution < -0.4 is 5.46 Å². The molecule has 0 aromatic carbocycles. The highest BCUT2D eigenvalue weighted by Gasteiger charge is 2.52. The molecule has 1 aromatic heterocycles. The van der Waals surface area contributed by atoms with Gasteiger partial charge in [-0.15, -0.1) is 0 Å². The topological polar surface area (TPSA) is 73.7 Å². The lowest BCUT2D eigenvalue weighted by Crippen LogP contribution is -2.41. The van der Waals surface area contributed by atoms with E-state index in [1.807, 2.05) is 27.7 Å². The minimum atomic E-state index is -1.07. The van der Waals surface area contributed by atoms with Gasteiger partial charge in [0.25, 0.3) is 0 Å². The smallest absolute Gasteiger partial charge is 0.399 e. The second-order valence-electron chi connectivity index (χ2n) is 6.76. The van der Waals surface area contributed by atoms with Gasteiger partial charge in [0.15, 0.2) is 5.82 Å². The highest BCUT2D eigenvalue weighted by molar-refractivity contribution is 6.61. The van der Waals surface area contributed by atoms with Crippen molar-refractivity contribution >= 4 is 12.6 Å². The molecule has 0 bridgehead atoms. The lowest BCUT2D eigenvalue weighted by molar-refractivity contribution is 0.00578. The fourth-order valence-corrected chi connectivity index (χ4v) is 2.41. The first-order valence-electron chi connectivity index (χ1n) is 7.22. The van der Waals surface area contributed by atoms with Gasteiger partial charge in [-0.25, -0.2) is 9.97 Å². The lowest BCUT2D eigenvalue weighted by Gasteiger charge is -2.32. The van der Waals surface area contributed by atoms with Gasteiger partial charge in [0.2, 0.25) is 0 Å². The van der Waals surface area contributed by atoms with E-state index in [4.69, 9.17) is 14.0 Å². The van der Waals surface area contributed by atoms with Gasteiger partial charge in [-0.1, -0.05) is 0 Å². The minimum Gasteiger partial charge on any atom is -0.399 e. The summed E-state index contributed by atoms with van der Waals surface area (Å²) in [6.45, 7) is 8.77. The van der Waals surface area contributed by atoms with Crippen molar-refractivity contribution < 1.29 is 19.2 Å². The molecule has 0 amide bonds. The van der Waals surface area contributed by atoms with E-state index in [0.29, 0.717) is 18.9 Å². The monoisotopic (exact) mass is 292 g/mol. The van der Waals surface area contributed by atoms with E-state index < -0.39 is 23.9 Å². The molecule has 1 unspecified atom stereocenters. The maximum atomic E-state index is 10.4. The van der Waals surface area contributed by atoms with Crippen LogP contribution in [0.5, 0.6) is 0 Å². The predicted molar refractivity (Wildman–Crippen MR) is 77.1 cm³/mol. The van der Waals surface area contributed by atoms with Crippen molar-refractivity contribution in [1.29, 1.82) is 0 Å². The second kappa shape index (κ2) is 4.74. The average molecular weight is 292 g/mol. The van der Waals surface area contributed by atoms with Gasteiger partial charge < -0.3 is 19.2 Å². The van der Waals surface area contributed by atoms with Crippen LogP contribution in [-0.4, -0.2) is 46.6 Å². The molecule has 7 heteroatoms. The molecule has 1 aromatic rings. The third-order valence-corrected chi connectivity index (χ3v) is 4.61. The van der Waals surface area contributed by atoms with Crippen molar-refractivity contribution in [3.63, 3.8) is 0 Å². The van der Waals surface area contributed by atoms with E-state index in [2.05, 4.69) is 9.97 Å². The van der Waals surface area contributed by atoms with Crippen LogP contribution in [0.4, 0.5) is 0 Å². The number of rotatable bonds is 2. The molecule has 1 N–H and O–H groups in total. The normalized spacial score (nSPS) is 30.8. The number of nitrogens with zero attached hydrogens (tertiary/aromatic N) is 2. The van der Waals surface area contributed by atoms with Crippen LogP contribution in [0.25, 0.3) is 0 Å². The Labute approximate surface area is 125 Å². The van der Waals surface area contributed by atoms with Crippen molar-refractivity contribution in [3.8, 4) is 0 Å². The van der Waals surface area contributed by atoms with E-state index in [-0.39, 0.29) is 6.61 Å². The first-order chi connectivity index (χ1) is 9.74. The molecular weight excluding hydrogens is 271 g/mol. The maximum absolute atomic E-state index is 10.4. The Morgan fingerprint density at radius 3 is 2.14 bits per heavy atom. The number of aliphatic hydroxyl groups is 1. The first kappa shape index (κ1) is 14.9. The summed E-state index contributed by atoms with van der Waals surface area (Å²) in [7, 11) is -0.487. The molecule has 2 aliphatic rings. The van der Waals surface area contributed by atoms with E-state index in [9.17, 15) is 5.11 Å². The van der Waals surface area contributed by atoms with Gasteiger partial charge in [0.05, 0.1) is 24.4 Å². The Kier molecular flexibility index (Phi) is 3.37. The third kappa shape index (κ3) is 2.48. The number of hydrogen-bond acceptors (Lipinski definition) is 6. The van der Waals surface area contributed by atoms with Crippen molar-refractivity contribution in [1.82, 2.24) is 9.97 Å². The van der Waals surface area contributed by atoms with Crippen molar-refractivity contribution in [2.24, 2.45) is 0 Å². The van der Waals surface area contributed by atoms with Crippen LogP contribution in [0.15, 0.2) is 12.4 Å². The van der Waals surface area contributed by atoms with E-state index >= 15 is 0 Å². The first-order valence-corrected chi connectivity index (χ1v) is 7.22. The molecule has 2 saturated heterocycles. The standard InChI is InChI=1S/C14H21BN2O4/c1-12(2)13(3,4)21-15(20-12)10-7-16-11(17-8-10)14(18)5-6-19-9-14/h7-8,18H,5-6,9H2,1-4H3. The van der Waals surface area contributed by atoms with Gasteiger partial charge in [-0.2, -0.15) is 0 Å². The van der Waals surface area contributed by atoms with E-state index in [0.717, 1.165) is 5.46 Å². The summed E-state index contributed by atoms with van der Waals surface area (Å²) in [6.07, 6.45) is 3.82. The summed E-state index contributed by atoms with van der Waals surface area (Å²) in [6, 6.07) is 0. The van der Waals surface area contributed by atoms with Gasteiger partial charge in [0.1, 0.15) is 5.60 Å². The molecule has 21 heavy (non-hydrogen) atoms. The van der Waals surface area contributed by atoms with Crippen LogP contribution >= 0.6 is 0 Å². The Balaban J connectivity index is 1.80. The van der Waals surface area contributed by atoms with Gasteiger partial charge in [-0.3, -0.25) is 0 Å². The summed E-state index contributed by atoms with van der Waals surface area (Å²) in [5.41, 5.74) is -1.12. The number of hydrogen-bond donors (Lipinski definition) is 1. The van der Waals surface area contributed by atoms with E-state index in [1.54, 1.807) is 12.4 Å². The van der Waals surface area contributed by atoms with Gasteiger partial charge >= 0.3 is 7.12 Å². The highest BCUT2D eigenvalue weighted by Crippen LogP contribution is 2.36. The molecular formula is C14H21BN2O4. The zero-order chi connectivity index (χ0) is 15.3. The molecule has 0 spiro atoms. The molecule has 3 heterocycles. The van der Waals surface area contributed by atoms with Gasteiger partial charge in [0, 0.05) is 24.3 Å². The Hall–Kier alpha value is -1.02. The number of aromatic nitrogens is 2. The van der Waals surface area contributed by atoms with E-state index in [1.165, 1.54) is 0 Å². The Bertz CT molecular complexity index is 510. The van der Waals surface area contributed by atoms with Crippen LogP contribution in [-0.2, 0) is 19.6 Å². The molecule has 3 rings (SSSR count). The van der Waals surface area contributed by atoms with Crippen molar-refractivity contribution in [2.75, 3.05) is 13.2 Å². The number of ether oxygens (including phenoxy) is 1. The largest absolute Gasteiger partial charge is 0.498 e. The minimum absolute atomic E-state index is 0.239. The summed E-state index contributed by atoms with van der Waals surface area (Å²) in [5, 5.41) is 10.4.